The van der Waals surface area contributed by atoms with E-state index in [4.69, 9.17) is 28.5 Å². The number of carbonyl (C=O) groups excluding carboxylic acids is 1. The molecule has 2 heterocycles. The summed E-state index contributed by atoms with van der Waals surface area (Å²) in [4.78, 5) is 35.1. The van der Waals surface area contributed by atoms with Gasteiger partial charge in [0.05, 0.1) is 18.1 Å². The van der Waals surface area contributed by atoms with Gasteiger partial charge in [0.1, 0.15) is 55.0 Å². The Bertz CT molecular complexity index is 1400. The average molecular weight is 532 g/mol. The Balaban J connectivity index is 1.52. The topological polar surface area (TPSA) is 202 Å². The number of carbonyl (C=O) groups is 2. The molecule has 0 radical (unpaired) electrons. The zero-order chi connectivity index (χ0) is 27.6. The second-order valence-electron chi connectivity index (χ2n) is 8.41. The van der Waals surface area contributed by atoms with Crippen LogP contribution in [0.25, 0.3) is 22.1 Å². The number of hydrogen-bond acceptors (Lipinski definition) is 12. The normalized spacial score (nSPS) is 23.1. The summed E-state index contributed by atoms with van der Waals surface area (Å²) in [6.07, 6.45) is -7.66. The predicted molar refractivity (Wildman–Crippen MR) is 127 cm³/mol. The zero-order valence-corrected chi connectivity index (χ0v) is 19.8. The van der Waals surface area contributed by atoms with Crippen LogP contribution in [0, 0.1) is 0 Å². The fourth-order valence-corrected chi connectivity index (χ4v) is 3.87. The van der Waals surface area contributed by atoms with Crippen LogP contribution in [-0.2, 0) is 19.1 Å². The number of carboxylic acids is 1. The molecule has 38 heavy (non-hydrogen) atoms. The molecule has 3 aromatic rings. The predicted octanol–water partition coefficient (Wildman–Crippen LogP) is 0.378. The van der Waals surface area contributed by atoms with E-state index >= 15 is 0 Å². The molecular weight excluding hydrogens is 508 g/mol. The Morgan fingerprint density at radius 2 is 1.79 bits per heavy atom. The van der Waals surface area contributed by atoms with E-state index in [-0.39, 0.29) is 33.8 Å². The highest BCUT2D eigenvalue weighted by Gasteiger charge is 2.45. The zero-order valence-electron chi connectivity index (χ0n) is 19.8. The summed E-state index contributed by atoms with van der Waals surface area (Å²) in [7, 11) is 1.40. The van der Waals surface area contributed by atoms with Crippen molar-refractivity contribution in [1.29, 1.82) is 0 Å². The highest BCUT2D eigenvalue weighted by Crippen LogP contribution is 2.32. The smallest absolute Gasteiger partial charge is 0.317 e. The SMILES string of the molecule is COc1ccc(-c2coc3cc(O[C@@H]4O[C@H](COC(=O)CC(=O)O)[C@@H](O)[C@H](O)[C@H]4O)ccc3c2=O)cc1O. The van der Waals surface area contributed by atoms with Crippen LogP contribution in [0.1, 0.15) is 6.42 Å². The van der Waals surface area contributed by atoms with Crippen molar-refractivity contribution in [1.82, 2.24) is 0 Å². The van der Waals surface area contributed by atoms with Gasteiger partial charge in [-0.05, 0) is 29.8 Å². The fraction of sp³-hybridized carbons (Fsp3) is 0.320. The van der Waals surface area contributed by atoms with Crippen LogP contribution in [0.4, 0.5) is 0 Å². The molecular formula is C25H24O13. The van der Waals surface area contributed by atoms with Crippen LogP contribution in [0.3, 0.4) is 0 Å². The third-order valence-electron chi connectivity index (χ3n) is 5.86. The van der Waals surface area contributed by atoms with Crippen LogP contribution in [-0.4, -0.2) is 81.9 Å². The third-order valence-corrected chi connectivity index (χ3v) is 5.86. The first-order valence-electron chi connectivity index (χ1n) is 11.3. The second-order valence-corrected chi connectivity index (χ2v) is 8.41. The van der Waals surface area contributed by atoms with E-state index in [0.29, 0.717) is 5.56 Å². The molecule has 2 aromatic carbocycles. The maximum Gasteiger partial charge on any atom is 0.317 e. The maximum absolute atomic E-state index is 13.0. The Labute approximate surface area is 214 Å². The van der Waals surface area contributed by atoms with Crippen LogP contribution < -0.4 is 14.9 Å². The summed E-state index contributed by atoms with van der Waals surface area (Å²) in [5.41, 5.74) is 0.324. The quantitative estimate of drug-likeness (QED) is 0.197. The molecule has 13 heteroatoms. The highest BCUT2D eigenvalue weighted by atomic mass is 16.7. The van der Waals surface area contributed by atoms with Crippen molar-refractivity contribution in [3.8, 4) is 28.4 Å². The van der Waals surface area contributed by atoms with Crippen molar-refractivity contribution >= 4 is 22.9 Å². The molecule has 1 aromatic heterocycles. The molecule has 1 fully saturated rings. The van der Waals surface area contributed by atoms with Crippen molar-refractivity contribution in [2.75, 3.05) is 13.7 Å². The minimum Gasteiger partial charge on any atom is -0.504 e. The van der Waals surface area contributed by atoms with Crippen molar-refractivity contribution in [2.45, 2.75) is 37.1 Å². The van der Waals surface area contributed by atoms with Gasteiger partial charge >= 0.3 is 11.9 Å². The molecule has 202 valence electrons. The Kier molecular flexibility index (Phi) is 7.83. The summed E-state index contributed by atoms with van der Waals surface area (Å²) in [5.74, 6) is -2.33. The summed E-state index contributed by atoms with van der Waals surface area (Å²) in [6, 6.07) is 8.61. The molecule has 0 spiro atoms. The standard InChI is InChI=1S/C25H24O13/c1-34-16-5-2-11(6-15(16)26)14-9-35-17-7-12(3-4-13(17)21(14)30)37-25-24(33)23(32)22(31)18(38-25)10-36-20(29)8-19(27)28/h2-7,9,18,22-26,31-33H,8,10H2,1H3,(H,27,28)/t18-,22-,23+,24-,25-/m1/s1. The largest absolute Gasteiger partial charge is 0.504 e. The molecule has 0 aliphatic carbocycles. The van der Waals surface area contributed by atoms with Gasteiger partial charge in [-0.2, -0.15) is 0 Å². The second kappa shape index (κ2) is 11.1. The highest BCUT2D eigenvalue weighted by molar-refractivity contribution is 5.90. The summed E-state index contributed by atoms with van der Waals surface area (Å²) >= 11 is 0. The van der Waals surface area contributed by atoms with E-state index in [2.05, 4.69) is 0 Å². The lowest BCUT2D eigenvalue weighted by atomic mass is 9.99. The molecule has 1 aliphatic heterocycles. The van der Waals surface area contributed by atoms with Gasteiger partial charge in [-0.15, -0.1) is 0 Å². The summed E-state index contributed by atoms with van der Waals surface area (Å²) in [5, 5.41) is 49.5. The van der Waals surface area contributed by atoms with E-state index in [1.165, 1.54) is 43.7 Å². The van der Waals surface area contributed by atoms with Gasteiger partial charge in [-0.1, -0.05) is 6.07 Å². The van der Waals surface area contributed by atoms with Crippen molar-refractivity contribution in [3.05, 3.63) is 52.9 Å². The lowest BCUT2D eigenvalue weighted by molar-refractivity contribution is -0.278. The van der Waals surface area contributed by atoms with Crippen LogP contribution in [0.2, 0.25) is 0 Å². The number of phenols is 1. The number of benzene rings is 2. The van der Waals surface area contributed by atoms with E-state index in [1.807, 2.05) is 0 Å². The monoisotopic (exact) mass is 532 g/mol. The molecule has 5 N–H and O–H groups in total. The minimum atomic E-state index is -1.74. The average Bonchev–Trinajstić information content (AvgIpc) is 2.88. The van der Waals surface area contributed by atoms with Crippen LogP contribution in [0.15, 0.2) is 51.9 Å². The number of ether oxygens (including phenoxy) is 4. The summed E-state index contributed by atoms with van der Waals surface area (Å²) < 4.78 is 26.4. The van der Waals surface area contributed by atoms with Crippen LogP contribution in [0.5, 0.6) is 17.2 Å². The first kappa shape index (κ1) is 26.9. The van der Waals surface area contributed by atoms with Gasteiger partial charge in [0.15, 0.2) is 16.9 Å². The molecule has 0 unspecified atom stereocenters. The number of esters is 1. The van der Waals surface area contributed by atoms with E-state index in [0.717, 1.165) is 0 Å². The number of phenolic OH excluding ortho intramolecular Hbond substituents is 1. The molecule has 0 saturated carbocycles. The minimum absolute atomic E-state index is 0.0738. The van der Waals surface area contributed by atoms with Gasteiger partial charge in [-0.25, -0.2) is 0 Å². The number of aromatic hydroxyl groups is 1. The van der Waals surface area contributed by atoms with Gasteiger partial charge in [0.2, 0.25) is 6.29 Å². The van der Waals surface area contributed by atoms with Gasteiger partial charge in [0, 0.05) is 6.07 Å². The van der Waals surface area contributed by atoms with Gasteiger partial charge < -0.3 is 48.9 Å². The third kappa shape index (κ3) is 5.55. The fourth-order valence-electron chi connectivity index (χ4n) is 3.87. The van der Waals surface area contributed by atoms with E-state index in [9.17, 15) is 34.8 Å². The Morgan fingerprint density at radius 1 is 1.03 bits per heavy atom. The molecule has 5 atom stereocenters. The van der Waals surface area contributed by atoms with Gasteiger partial charge in [-0.3, -0.25) is 14.4 Å². The lowest BCUT2D eigenvalue weighted by Gasteiger charge is -2.39. The molecule has 1 saturated heterocycles. The van der Waals surface area contributed by atoms with Crippen LogP contribution >= 0.6 is 0 Å². The van der Waals surface area contributed by atoms with Gasteiger partial charge in [0.25, 0.3) is 0 Å². The number of aliphatic hydroxyl groups is 3. The lowest BCUT2D eigenvalue weighted by Crippen LogP contribution is -2.60. The molecule has 0 amide bonds. The number of aliphatic hydroxyl groups excluding tert-OH is 3. The number of carboxylic acid groups (broad SMARTS) is 1. The Morgan fingerprint density at radius 3 is 2.47 bits per heavy atom. The van der Waals surface area contributed by atoms with Crippen molar-refractivity contribution in [3.63, 3.8) is 0 Å². The maximum atomic E-state index is 13.0. The first-order chi connectivity index (χ1) is 18.1. The van der Waals surface area contributed by atoms with Crippen molar-refractivity contribution < 1.29 is 58.5 Å². The summed E-state index contributed by atoms with van der Waals surface area (Å²) in [6.45, 7) is -0.604. The van der Waals surface area contributed by atoms with E-state index in [1.54, 1.807) is 6.07 Å². The molecule has 13 nitrogen and oxygen atoms in total. The molecule has 0 bridgehead atoms. The molecule has 1 aliphatic rings. The molecule has 4 rings (SSSR count). The number of rotatable bonds is 8. The first-order valence-corrected chi connectivity index (χ1v) is 11.3. The number of aliphatic carboxylic acids is 1. The number of fused-ring (bicyclic) bond motifs is 1. The van der Waals surface area contributed by atoms with E-state index < -0.39 is 61.1 Å². The van der Waals surface area contributed by atoms with Crippen molar-refractivity contribution in [2.24, 2.45) is 0 Å². The Hall–Kier alpha value is -4.17. The number of hydrogen-bond donors (Lipinski definition) is 5. The number of methoxy groups -OCH3 is 1.